The summed E-state index contributed by atoms with van der Waals surface area (Å²) in [5, 5.41) is 21.0. The summed E-state index contributed by atoms with van der Waals surface area (Å²) in [6.45, 7) is 4.33. The number of hydrogen-bond donors (Lipinski definition) is 7. The number of nitrogens with one attached hydrogen (secondary N) is 5. The number of Topliss-reactive ketones (excluding diaryl/α,β-unsaturated/α-hetero) is 1. The Morgan fingerprint density at radius 2 is 1.35 bits per heavy atom. The van der Waals surface area contributed by atoms with Gasteiger partial charge in [0.15, 0.2) is 23.3 Å². The molecule has 8 N–H and O–H groups in total. The van der Waals surface area contributed by atoms with Crippen LogP contribution in [0.5, 0.6) is 0 Å². The van der Waals surface area contributed by atoms with Crippen LogP contribution in [-0.4, -0.2) is 77.0 Å². The molecule has 0 saturated heterocycles. The highest BCUT2D eigenvalue weighted by Crippen LogP contribution is 2.29. The fourth-order valence-corrected chi connectivity index (χ4v) is 6.50. The number of carboxylic acids is 1. The van der Waals surface area contributed by atoms with Crippen molar-refractivity contribution < 1.29 is 61.0 Å². The van der Waals surface area contributed by atoms with Gasteiger partial charge in [0.05, 0.1) is 18.2 Å². The highest BCUT2D eigenvalue weighted by Gasteiger charge is 2.38. The Bertz CT molecular complexity index is 1860. The summed E-state index contributed by atoms with van der Waals surface area (Å²) < 4.78 is 57.4. The molecule has 1 aliphatic carbocycles. The van der Waals surface area contributed by atoms with Gasteiger partial charge in [-0.25, -0.2) is 22.4 Å². The van der Waals surface area contributed by atoms with E-state index in [1.807, 2.05) is 0 Å². The number of nitrogens with two attached hydrogens (primary N) is 1. The highest BCUT2D eigenvalue weighted by atomic mass is 19.2. The molecule has 0 bridgehead atoms. The maximum absolute atomic E-state index is 14.9. The molecular weight excluding hydrogens is 760 g/mol. The predicted molar refractivity (Wildman–Crippen MR) is 194 cm³/mol. The molecular formula is C38H46F4N6O9. The fourth-order valence-electron chi connectivity index (χ4n) is 6.50. The second kappa shape index (κ2) is 20.9. The van der Waals surface area contributed by atoms with Gasteiger partial charge in [0.25, 0.3) is 11.8 Å². The number of carbonyl (C=O) groups is 8. The Morgan fingerprint density at radius 1 is 0.772 bits per heavy atom. The second-order valence-electron chi connectivity index (χ2n) is 14.1. The molecule has 2 aromatic carbocycles. The van der Waals surface area contributed by atoms with E-state index in [1.54, 1.807) is 51.1 Å². The molecule has 6 amide bonds. The quantitative estimate of drug-likeness (QED) is 0.0477. The number of benzene rings is 2. The van der Waals surface area contributed by atoms with E-state index in [-0.39, 0.29) is 25.2 Å². The molecule has 2 aromatic rings. The van der Waals surface area contributed by atoms with Crippen molar-refractivity contribution in [2.45, 2.75) is 96.3 Å². The molecule has 3 rings (SSSR count). The van der Waals surface area contributed by atoms with E-state index in [1.165, 1.54) is 0 Å². The summed E-state index contributed by atoms with van der Waals surface area (Å²) in [6.07, 6.45) is 2.78. The minimum Gasteiger partial charge on any atom is -0.478 e. The van der Waals surface area contributed by atoms with Crippen molar-refractivity contribution in [3.05, 3.63) is 70.3 Å². The maximum Gasteiger partial charge on any atom is 0.339 e. The Hall–Kier alpha value is -5.88. The Kier molecular flexibility index (Phi) is 16.7. The molecule has 19 heteroatoms. The van der Waals surface area contributed by atoms with Crippen LogP contribution in [0.4, 0.5) is 17.6 Å². The molecule has 1 unspecified atom stereocenters. The number of carbonyl (C=O) groups excluding carboxylic acids is 7. The van der Waals surface area contributed by atoms with Crippen LogP contribution in [0.1, 0.15) is 104 Å². The van der Waals surface area contributed by atoms with Crippen LogP contribution in [0.3, 0.4) is 0 Å². The minimum atomic E-state index is -2.45. The van der Waals surface area contributed by atoms with E-state index in [0.29, 0.717) is 31.2 Å². The zero-order valence-corrected chi connectivity index (χ0v) is 31.5. The molecule has 1 aliphatic rings. The van der Waals surface area contributed by atoms with Crippen LogP contribution in [-0.2, 0) is 28.8 Å². The summed E-state index contributed by atoms with van der Waals surface area (Å²) in [5.41, 5.74) is 2.32. The van der Waals surface area contributed by atoms with Crippen molar-refractivity contribution in [1.29, 1.82) is 0 Å². The van der Waals surface area contributed by atoms with E-state index >= 15 is 0 Å². The minimum absolute atomic E-state index is 0.0447. The number of ketones is 1. The van der Waals surface area contributed by atoms with Gasteiger partial charge in [0, 0.05) is 0 Å². The SMILES string of the molecule is CCCC(NC(=O)[C@H](CC(C)C)NC(=O)[C@@H](NC(=O)c1c(F)c(F)c(F)c(F)c1C(=O)O)C1CCCCC1)C(=O)C(=O)NCC(=O)N[C@H](C(N)=O)c1ccccc1. The van der Waals surface area contributed by atoms with Crippen molar-refractivity contribution in [2.24, 2.45) is 17.6 Å². The molecule has 1 saturated carbocycles. The fraction of sp³-hybridized carbons (Fsp3) is 0.474. The third kappa shape index (κ3) is 12.1. The van der Waals surface area contributed by atoms with Crippen LogP contribution in [0, 0.1) is 35.1 Å². The summed E-state index contributed by atoms with van der Waals surface area (Å²) in [6, 6.07) is 2.35. The van der Waals surface area contributed by atoms with E-state index in [2.05, 4.69) is 26.6 Å². The van der Waals surface area contributed by atoms with Gasteiger partial charge in [-0.1, -0.05) is 76.8 Å². The third-order valence-electron chi connectivity index (χ3n) is 9.30. The lowest BCUT2D eigenvalue weighted by molar-refractivity contribution is -0.141. The van der Waals surface area contributed by atoms with Gasteiger partial charge in [-0.2, -0.15) is 0 Å². The zero-order valence-electron chi connectivity index (χ0n) is 31.5. The lowest BCUT2D eigenvalue weighted by Crippen LogP contribution is -2.58. The molecule has 0 heterocycles. The number of carboxylic acid groups (broad SMARTS) is 1. The van der Waals surface area contributed by atoms with Gasteiger partial charge in [-0.05, 0) is 43.1 Å². The first kappa shape index (κ1) is 45.5. The average molecular weight is 807 g/mol. The molecule has 57 heavy (non-hydrogen) atoms. The van der Waals surface area contributed by atoms with Crippen LogP contribution in [0.2, 0.25) is 0 Å². The first-order valence-corrected chi connectivity index (χ1v) is 18.4. The number of hydrogen-bond acceptors (Lipinski definition) is 8. The molecule has 15 nitrogen and oxygen atoms in total. The van der Waals surface area contributed by atoms with Crippen molar-refractivity contribution >= 4 is 47.2 Å². The van der Waals surface area contributed by atoms with Crippen molar-refractivity contribution in [2.75, 3.05) is 6.54 Å². The van der Waals surface area contributed by atoms with Crippen LogP contribution < -0.4 is 32.3 Å². The molecule has 0 spiro atoms. The van der Waals surface area contributed by atoms with Crippen LogP contribution in [0.15, 0.2) is 30.3 Å². The average Bonchev–Trinajstić information content (AvgIpc) is 3.17. The van der Waals surface area contributed by atoms with Crippen molar-refractivity contribution in [1.82, 2.24) is 26.6 Å². The molecule has 0 aliphatic heterocycles. The van der Waals surface area contributed by atoms with Crippen molar-refractivity contribution in [3.63, 3.8) is 0 Å². The number of halogens is 4. The van der Waals surface area contributed by atoms with Gasteiger partial charge in [-0.15, -0.1) is 0 Å². The summed E-state index contributed by atoms with van der Waals surface area (Å²) in [7, 11) is 0. The predicted octanol–water partition coefficient (Wildman–Crippen LogP) is 2.46. The number of rotatable bonds is 19. The normalized spacial score (nSPS) is 15.0. The third-order valence-corrected chi connectivity index (χ3v) is 9.30. The molecule has 0 aromatic heterocycles. The first-order chi connectivity index (χ1) is 26.9. The monoisotopic (exact) mass is 806 g/mol. The number of amides is 6. The Labute approximate surface area is 325 Å². The van der Waals surface area contributed by atoms with Gasteiger partial charge in [0.1, 0.15) is 23.7 Å². The largest absolute Gasteiger partial charge is 0.478 e. The molecule has 1 fully saturated rings. The second-order valence-corrected chi connectivity index (χ2v) is 14.1. The van der Waals surface area contributed by atoms with Crippen LogP contribution in [0.25, 0.3) is 0 Å². The van der Waals surface area contributed by atoms with Gasteiger partial charge in [-0.3, -0.25) is 33.6 Å². The number of aromatic carboxylic acids is 1. The number of primary amides is 1. The standard InChI is InChI=1S/C38H46F4N6O9/c1-4-11-21(32(50)37(55)44-17-23(49)47-30(33(43)51)19-12-7-5-8-13-19)45-34(52)22(16-18(2)3)46-36(54)31(20-14-9-6-10-15-20)48-35(53)24-25(38(56)57)27(40)29(42)28(41)26(24)39/h5,7-8,12-13,18,20-22,30-31H,4,6,9-11,14-17H2,1-3H3,(H2,43,51)(H,44,55)(H,45,52)(H,46,54)(H,47,49)(H,48,53)(H,56,57)/t21?,22-,30-,31-/m0/s1. The molecule has 4 atom stereocenters. The Balaban J connectivity index is 1.80. The van der Waals surface area contributed by atoms with Crippen molar-refractivity contribution in [3.8, 4) is 0 Å². The first-order valence-electron chi connectivity index (χ1n) is 18.4. The molecule has 0 radical (unpaired) electrons. The van der Waals surface area contributed by atoms with Crippen LogP contribution >= 0.6 is 0 Å². The molecule has 310 valence electrons. The summed E-state index contributed by atoms with van der Waals surface area (Å²) >= 11 is 0. The highest BCUT2D eigenvalue weighted by molar-refractivity contribution is 6.38. The summed E-state index contributed by atoms with van der Waals surface area (Å²) in [4.78, 5) is 103. The lowest BCUT2D eigenvalue weighted by atomic mass is 9.83. The van der Waals surface area contributed by atoms with Gasteiger partial charge in [0.2, 0.25) is 29.4 Å². The van der Waals surface area contributed by atoms with E-state index < -0.39 is 118 Å². The van der Waals surface area contributed by atoms with E-state index in [0.717, 1.165) is 6.42 Å². The maximum atomic E-state index is 14.9. The van der Waals surface area contributed by atoms with E-state index in [9.17, 15) is 61.0 Å². The lowest BCUT2D eigenvalue weighted by Gasteiger charge is -2.32. The zero-order chi connectivity index (χ0) is 42.6. The van der Waals surface area contributed by atoms with Gasteiger partial charge >= 0.3 is 5.97 Å². The summed E-state index contributed by atoms with van der Waals surface area (Å²) in [5.74, 6) is -20.5. The topological polar surface area (TPSA) is 243 Å². The van der Waals surface area contributed by atoms with Gasteiger partial charge < -0.3 is 37.4 Å². The smallest absolute Gasteiger partial charge is 0.339 e. The van der Waals surface area contributed by atoms with E-state index in [4.69, 9.17) is 5.73 Å². The Morgan fingerprint density at radius 3 is 1.89 bits per heavy atom.